The van der Waals surface area contributed by atoms with Crippen molar-refractivity contribution in [2.24, 2.45) is 5.73 Å². The Balaban J connectivity index is 4.45. The highest BCUT2D eigenvalue weighted by molar-refractivity contribution is 8.23. The molecule has 0 rings (SSSR count). The van der Waals surface area contributed by atoms with Crippen molar-refractivity contribution in [3.05, 3.63) is 0 Å². The number of hydrogen-bond donors (Lipinski definition) is 1. The van der Waals surface area contributed by atoms with Crippen LogP contribution < -0.4 is 5.73 Å². The van der Waals surface area contributed by atoms with Crippen molar-refractivity contribution in [3.8, 4) is 0 Å². The van der Waals surface area contributed by atoms with E-state index in [1.807, 2.05) is 13.8 Å². The van der Waals surface area contributed by atoms with Gasteiger partial charge in [0.2, 0.25) is 5.12 Å². The molecule has 0 saturated heterocycles. The highest BCUT2D eigenvalue weighted by Gasteiger charge is 2.32. The van der Waals surface area contributed by atoms with Crippen molar-refractivity contribution in [1.82, 2.24) is 0 Å². The number of rotatable bonds is 7. The van der Waals surface area contributed by atoms with Gasteiger partial charge in [-0.2, -0.15) is 0 Å². The summed E-state index contributed by atoms with van der Waals surface area (Å²) in [6, 6.07) is 0. The standard InChI is InChI=1S/C9H19NO2S2/c1-4-7-9(11-5-2,12-6-3)14-8(10)13/h4-7H2,1-3H3,(H2,10,13). The monoisotopic (exact) mass is 237 g/mol. The molecule has 0 fully saturated rings. The number of hydrogen-bond acceptors (Lipinski definition) is 4. The van der Waals surface area contributed by atoms with E-state index in [1.54, 1.807) is 0 Å². The number of thiocarbonyl (C=S) groups is 1. The van der Waals surface area contributed by atoms with E-state index >= 15 is 0 Å². The molecule has 2 N–H and O–H groups in total. The minimum absolute atomic E-state index is 0.361. The summed E-state index contributed by atoms with van der Waals surface area (Å²) in [5.74, 6) is 0. The summed E-state index contributed by atoms with van der Waals surface area (Å²) in [4.78, 5) is 0. The molecule has 14 heavy (non-hydrogen) atoms. The Kier molecular flexibility index (Phi) is 7.54. The third kappa shape index (κ3) is 5.14. The van der Waals surface area contributed by atoms with Crippen LogP contribution in [0.1, 0.15) is 33.6 Å². The van der Waals surface area contributed by atoms with Gasteiger partial charge in [-0.05, 0) is 25.6 Å². The van der Waals surface area contributed by atoms with Gasteiger partial charge in [0.1, 0.15) is 4.32 Å². The zero-order valence-corrected chi connectivity index (χ0v) is 10.7. The second-order valence-electron chi connectivity index (χ2n) is 2.72. The molecule has 0 amide bonds. The summed E-state index contributed by atoms with van der Waals surface area (Å²) in [6.45, 7) is 7.13. The quantitative estimate of drug-likeness (QED) is 0.544. The van der Waals surface area contributed by atoms with Gasteiger partial charge in [0.15, 0.2) is 0 Å². The van der Waals surface area contributed by atoms with Gasteiger partial charge in [-0.25, -0.2) is 0 Å². The zero-order chi connectivity index (χ0) is 11.0. The third-order valence-corrected chi connectivity index (χ3v) is 2.74. The molecule has 0 saturated carbocycles. The maximum absolute atomic E-state index is 5.59. The third-order valence-electron chi connectivity index (χ3n) is 1.54. The van der Waals surface area contributed by atoms with E-state index in [-0.39, 0.29) is 0 Å². The van der Waals surface area contributed by atoms with Crippen molar-refractivity contribution in [2.75, 3.05) is 13.2 Å². The topological polar surface area (TPSA) is 44.5 Å². The Morgan fingerprint density at radius 1 is 1.29 bits per heavy atom. The molecule has 0 aliphatic carbocycles. The molecule has 0 aromatic heterocycles. The summed E-state index contributed by atoms with van der Waals surface area (Å²) >= 11 is 6.15. The summed E-state index contributed by atoms with van der Waals surface area (Å²) in [5, 5.41) is -0.677. The molecule has 0 aromatic carbocycles. The molecule has 5 heteroatoms. The lowest BCUT2D eigenvalue weighted by molar-refractivity contribution is -0.168. The van der Waals surface area contributed by atoms with Crippen molar-refractivity contribution in [2.45, 2.75) is 38.7 Å². The molecule has 3 nitrogen and oxygen atoms in total. The lowest BCUT2D eigenvalue weighted by Crippen LogP contribution is -2.35. The normalized spacial score (nSPS) is 11.6. The fourth-order valence-corrected chi connectivity index (χ4v) is 2.54. The minimum Gasteiger partial charge on any atom is -0.384 e. The Bertz CT molecular complexity index is 159. The van der Waals surface area contributed by atoms with E-state index in [0.717, 1.165) is 12.8 Å². The second-order valence-corrected chi connectivity index (χ2v) is 4.68. The highest BCUT2D eigenvalue weighted by Crippen LogP contribution is 2.33. The Morgan fingerprint density at radius 2 is 1.79 bits per heavy atom. The first-order chi connectivity index (χ1) is 6.60. The largest absolute Gasteiger partial charge is 0.384 e. The molecule has 0 bridgehead atoms. The molecule has 0 spiro atoms. The molecule has 0 atom stereocenters. The summed E-state index contributed by atoms with van der Waals surface area (Å²) in [5.41, 5.74) is 5.50. The van der Waals surface area contributed by atoms with Crippen LogP contribution in [0.2, 0.25) is 0 Å². The fourth-order valence-electron chi connectivity index (χ4n) is 1.20. The first-order valence-electron chi connectivity index (χ1n) is 4.86. The Labute approximate surface area is 95.7 Å². The van der Waals surface area contributed by atoms with Gasteiger partial charge >= 0.3 is 0 Å². The predicted molar refractivity (Wildman–Crippen MR) is 65.3 cm³/mol. The summed E-state index contributed by atoms with van der Waals surface area (Å²) < 4.78 is 11.6. The van der Waals surface area contributed by atoms with Gasteiger partial charge < -0.3 is 15.2 Å². The zero-order valence-electron chi connectivity index (χ0n) is 9.04. The average molecular weight is 237 g/mol. The summed E-state index contributed by atoms with van der Waals surface area (Å²) in [7, 11) is 0. The predicted octanol–water partition coefficient (Wildman–Crippen LogP) is 2.49. The van der Waals surface area contributed by atoms with Crippen LogP contribution in [0.15, 0.2) is 0 Å². The Hall–Kier alpha value is 0.160. The molecule has 0 aliphatic heterocycles. The molecule has 84 valence electrons. The molecule has 0 unspecified atom stereocenters. The van der Waals surface area contributed by atoms with Crippen LogP contribution in [0.25, 0.3) is 0 Å². The molecule has 0 heterocycles. The van der Waals surface area contributed by atoms with Gasteiger partial charge in [0.25, 0.3) is 0 Å². The lowest BCUT2D eigenvalue weighted by atomic mass is 10.3. The van der Waals surface area contributed by atoms with Crippen LogP contribution in [0.4, 0.5) is 0 Å². The molecular weight excluding hydrogens is 218 g/mol. The van der Waals surface area contributed by atoms with Crippen molar-refractivity contribution in [1.29, 1.82) is 0 Å². The second kappa shape index (κ2) is 7.45. The van der Waals surface area contributed by atoms with E-state index in [1.165, 1.54) is 11.8 Å². The van der Waals surface area contributed by atoms with Crippen LogP contribution >= 0.6 is 24.0 Å². The maximum Gasteiger partial charge on any atom is 0.224 e. The van der Waals surface area contributed by atoms with E-state index in [0.29, 0.717) is 17.5 Å². The number of nitrogens with two attached hydrogens (primary N) is 1. The van der Waals surface area contributed by atoms with E-state index in [4.69, 9.17) is 27.4 Å². The molecule has 0 aliphatic rings. The average Bonchev–Trinajstić information content (AvgIpc) is 2.03. The number of thioether (sulfide) groups is 1. The number of ether oxygens (including phenoxy) is 2. The van der Waals surface area contributed by atoms with Crippen LogP contribution in [-0.2, 0) is 9.47 Å². The molecule has 0 radical (unpaired) electrons. The highest BCUT2D eigenvalue weighted by atomic mass is 32.2. The van der Waals surface area contributed by atoms with Crippen LogP contribution in [0, 0.1) is 0 Å². The lowest BCUT2D eigenvalue weighted by Gasteiger charge is -2.31. The van der Waals surface area contributed by atoms with Crippen molar-refractivity contribution >= 4 is 28.3 Å². The molecular formula is C9H19NO2S2. The SMILES string of the molecule is CCCC(OCC)(OCC)SC(N)=S. The van der Waals surface area contributed by atoms with Crippen molar-refractivity contribution in [3.63, 3.8) is 0 Å². The van der Waals surface area contributed by atoms with Crippen LogP contribution in [0.5, 0.6) is 0 Å². The van der Waals surface area contributed by atoms with Crippen molar-refractivity contribution < 1.29 is 9.47 Å². The first-order valence-corrected chi connectivity index (χ1v) is 6.09. The van der Waals surface area contributed by atoms with E-state index < -0.39 is 5.12 Å². The van der Waals surface area contributed by atoms with Crippen LogP contribution in [0.3, 0.4) is 0 Å². The summed E-state index contributed by atoms with van der Waals surface area (Å²) in [6.07, 6.45) is 1.76. The van der Waals surface area contributed by atoms with Gasteiger partial charge in [-0.15, -0.1) is 0 Å². The van der Waals surface area contributed by atoms with Gasteiger partial charge in [-0.3, -0.25) is 0 Å². The van der Waals surface area contributed by atoms with E-state index in [2.05, 4.69) is 6.92 Å². The Morgan fingerprint density at radius 3 is 2.07 bits per heavy atom. The van der Waals surface area contributed by atoms with E-state index in [9.17, 15) is 0 Å². The minimum atomic E-state index is -0.677. The smallest absolute Gasteiger partial charge is 0.224 e. The first kappa shape index (κ1) is 14.2. The van der Waals surface area contributed by atoms with Gasteiger partial charge in [0.05, 0.1) is 0 Å². The van der Waals surface area contributed by atoms with Gasteiger partial charge in [0, 0.05) is 19.6 Å². The van der Waals surface area contributed by atoms with Gasteiger partial charge in [-0.1, -0.05) is 25.6 Å². The fraction of sp³-hybridized carbons (Fsp3) is 0.889. The van der Waals surface area contributed by atoms with Crippen LogP contribution in [-0.4, -0.2) is 22.7 Å². The molecule has 0 aromatic rings. The maximum atomic E-state index is 5.59.